The average molecular weight is 344 g/mol. The van der Waals surface area contributed by atoms with E-state index in [0.29, 0.717) is 6.42 Å². The molecule has 0 spiro atoms. The lowest BCUT2D eigenvalue weighted by molar-refractivity contribution is -0.130. The summed E-state index contributed by atoms with van der Waals surface area (Å²) in [6.07, 6.45) is 1.78. The first-order valence-electron chi connectivity index (χ1n) is 9.54. The third kappa shape index (κ3) is 3.90. The van der Waals surface area contributed by atoms with Crippen LogP contribution in [-0.4, -0.2) is 74.0 Å². The lowest BCUT2D eigenvalue weighted by Gasteiger charge is -2.33. The zero-order valence-electron chi connectivity index (χ0n) is 16.3. The summed E-state index contributed by atoms with van der Waals surface area (Å²) in [7, 11) is 4.14. The second-order valence-electron chi connectivity index (χ2n) is 8.65. The van der Waals surface area contributed by atoms with Gasteiger partial charge in [0.25, 0.3) is 0 Å². The molecule has 138 valence electrons. The van der Waals surface area contributed by atoms with E-state index in [0.717, 1.165) is 45.7 Å². The second-order valence-corrected chi connectivity index (χ2v) is 8.65. The van der Waals surface area contributed by atoms with E-state index in [9.17, 15) is 4.79 Å². The van der Waals surface area contributed by atoms with Gasteiger partial charge in [0.1, 0.15) is 0 Å². The van der Waals surface area contributed by atoms with Crippen LogP contribution in [-0.2, 0) is 10.2 Å². The van der Waals surface area contributed by atoms with E-state index in [1.807, 2.05) is 11.9 Å². The third-order valence-corrected chi connectivity index (χ3v) is 6.41. The molecule has 1 heterocycles. The summed E-state index contributed by atoms with van der Waals surface area (Å²) in [5.41, 5.74) is 1.76. The maximum absolute atomic E-state index is 12.7. The maximum Gasteiger partial charge on any atom is 0.223 e. The Bertz CT molecular complexity index is 592. The number of likely N-dealkylation sites (N-methyl/N-ethyl adjacent to an activating group) is 2. The van der Waals surface area contributed by atoms with Gasteiger partial charge in [-0.2, -0.15) is 0 Å². The van der Waals surface area contributed by atoms with Crippen LogP contribution in [0.15, 0.2) is 30.3 Å². The van der Waals surface area contributed by atoms with Crippen LogP contribution in [0.4, 0.5) is 0 Å². The Morgan fingerprint density at radius 3 is 2.28 bits per heavy atom. The minimum atomic E-state index is 0.118. The quantitative estimate of drug-likeness (QED) is 0.794. The molecule has 1 saturated heterocycles. The van der Waals surface area contributed by atoms with E-state index in [-0.39, 0.29) is 16.7 Å². The molecule has 0 N–H and O–H groups in total. The van der Waals surface area contributed by atoms with Crippen molar-refractivity contribution in [2.75, 3.05) is 53.4 Å². The molecule has 25 heavy (non-hydrogen) atoms. The van der Waals surface area contributed by atoms with E-state index in [1.54, 1.807) is 0 Å². The van der Waals surface area contributed by atoms with E-state index >= 15 is 0 Å². The first-order chi connectivity index (χ1) is 11.8. The number of hydrogen-bond acceptors (Lipinski definition) is 3. The zero-order chi connectivity index (χ0) is 18.1. The van der Waals surface area contributed by atoms with Crippen molar-refractivity contribution < 1.29 is 4.79 Å². The van der Waals surface area contributed by atoms with E-state index in [4.69, 9.17) is 0 Å². The minimum Gasteiger partial charge on any atom is -0.345 e. The third-order valence-electron chi connectivity index (χ3n) is 6.41. The van der Waals surface area contributed by atoms with Crippen LogP contribution in [0.25, 0.3) is 0 Å². The van der Waals surface area contributed by atoms with Crippen LogP contribution >= 0.6 is 0 Å². The molecule has 1 aromatic carbocycles. The van der Waals surface area contributed by atoms with E-state index in [1.165, 1.54) is 5.56 Å². The summed E-state index contributed by atoms with van der Waals surface area (Å²) in [6.45, 7) is 10.7. The van der Waals surface area contributed by atoms with Crippen molar-refractivity contribution in [3.63, 3.8) is 0 Å². The molecule has 4 nitrogen and oxygen atoms in total. The van der Waals surface area contributed by atoms with Crippen molar-refractivity contribution in [3.8, 4) is 0 Å². The number of piperazine rings is 1. The summed E-state index contributed by atoms with van der Waals surface area (Å²) in [6, 6.07) is 10.7. The van der Waals surface area contributed by atoms with Gasteiger partial charge in [-0.3, -0.25) is 4.79 Å². The second kappa shape index (κ2) is 7.08. The Hall–Kier alpha value is -1.39. The molecule has 1 amide bonds. The smallest absolute Gasteiger partial charge is 0.223 e. The SMILES string of the molecule is CN1CCN(CCC(=O)N(C)C[C@@]2(c3ccccc3)CC2(C)C)CC1. The molecule has 2 fully saturated rings. The number of rotatable bonds is 6. The monoisotopic (exact) mass is 343 g/mol. The molecular formula is C21H33N3O. The zero-order valence-corrected chi connectivity index (χ0v) is 16.3. The number of carbonyl (C=O) groups excluding carboxylic acids is 1. The number of amides is 1. The van der Waals surface area contributed by atoms with Gasteiger partial charge in [0.15, 0.2) is 0 Å². The molecule has 1 saturated carbocycles. The summed E-state index contributed by atoms with van der Waals surface area (Å²) in [5.74, 6) is 0.275. The number of hydrogen-bond donors (Lipinski definition) is 0. The van der Waals surface area contributed by atoms with Gasteiger partial charge >= 0.3 is 0 Å². The van der Waals surface area contributed by atoms with E-state index < -0.39 is 0 Å². The standard InChI is InChI=1S/C21H33N3O/c1-20(2)16-21(20,18-8-6-5-7-9-18)17-23(4)19(25)10-11-24-14-12-22(3)13-15-24/h5-9H,10-17H2,1-4H3/t21-/m1/s1. The molecule has 0 radical (unpaired) electrons. The van der Waals surface area contributed by atoms with Gasteiger partial charge in [-0.25, -0.2) is 0 Å². The molecule has 1 aliphatic carbocycles. The predicted molar refractivity (Wildman–Crippen MR) is 103 cm³/mol. The molecular weight excluding hydrogens is 310 g/mol. The van der Waals surface area contributed by atoms with Crippen molar-refractivity contribution >= 4 is 5.91 Å². The van der Waals surface area contributed by atoms with Gasteiger partial charge < -0.3 is 14.7 Å². The van der Waals surface area contributed by atoms with Gasteiger partial charge in [-0.1, -0.05) is 44.2 Å². The molecule has 1 aromatic rings. The fourth-order valence-electron chi connectivity index (χ4n) is 4.33. The Morgan fingerprint density at radius 2 is 1.72 bits per heavy atom. The lowest BCUT2D eigenvalue weighted by Crippen LogP contribution is -2.46. The van der Waals surface area contributed by atoms with Crippen LogP contribution in [0, 0.1) is 5.41 Å². The summed E-state index contributed by atoms with van der Waals surface area (Å²) >= 11 is 0. The fourth-order valence-corrected chi connectivity index (χ4v) is 4.33. The Balaban J connectivity index is 1.55. The molecule has 0 aromatic heterocycles. The van der Waals surface area contributed by atoms with Crippen molar-refractivity contribution in [1.29, 1.82) is 0 Å². The van der Waals surface area contributed by atoms with Gasteiger partial charge in [-0.05, 0) is 24.4 Å². The maximum atomic E-state index is 12.7. The number of benzene rings is 1. The van der Waals surface area contributed by atoms with Crippen LogP contribution in [0.2, 0.25) is 0 Å². The topological polar surface area (TPSA) is 26.8 Å². The van der Waals surface area contributed by atoms with Crippen molar-refractivity contribution in [3.05, 3.63) is 35.9 Å². The van der Waals surface area contributed by atoms with Gasteiger partial charge in [-0.15, -0.1) is 0 Å². The van der Waals surface area contributed by atoms with Gasteiger partial charge in [0.05, 0.1) is 0 Å². The first kappa shape index (κ1) is 18.4. The largest absolute Gasteiger partial charge is 0.345 e. The predicted octanol–water partition coefficient (Wildman–Crippen LogP) is 2.45. The highest BCUT2D eigenvalue weighted by molar-refractivity contribution is 5.76. The minimum absolute atomic E-state index is 0.118. The van der Waals surface area contributed by atoms with Gasteiger partial charge in [0, 0.05) is 58.2 Å². The van der Waals surface area contributed by atoms with Crippen LogP contribution < -0.4 is 0 Å². The number of carbonyl (C=O) groups is 1. The van der Waals surface area contributed by atoms with Crippen molar-refractivity contribution in [2.24, 2.45) is 5.41 Å². The van der Waals surface area contributed by atoms with Gasteiger partial charge in [0.2, 0.25) is 5.91 Å². The summed E-state index contributed by atoms with van der Waals surface area (Å²) < 4.78 is 0. The molecule has 1 aliphatic heterocycles. The average Bonchev–Trinajstić information content (AvgIpc) is 3.16. The molecule has 3 rings (SSSR count). The fraction of sp³-hybridized carbons (Fsp3) is 0.667. The highest BCUT2D eigenvalue weighted by atomic mass is 16.2. The van der Waals surface area contributed by atoms with Crippen molar-refractivity contribution in [1.82, 2.24) is 14.7 Å². The highest BCUT2D eigenvalue weighted by Crippen LogP contribution is 2.64. The Labute approximate surface area is 152 Å². The van der Waals surface area contributed by atoms with Crippen LogP contribution in [0.3, 0.4) is 0 Å². The Kier molecular flexibility index (Phi) is 5.21. The number of nitrogens with zero attached hydrogens (tertiary/aromatic N) is 3. The Morgan fingerprint density at radius 1 is 1.12 bits per heavy atom. The van der Waals surface area contributed by atoms with E-state index in [2.05, 4.69) is 61.0 Å². The highest BCUT2D eigenvalue weighted by Gasteiger charge is 2.62. The van der Waals surface area contributed by atoms with Crippen LogP contribution in [0.1, 0.15) is 32.3 Å². The summed E-state index contributed by atoms with van der Waals surface area (Å²) in [5, 5.41) is 0. The molecule has 4 heteroatoms. The van der Waals surface area contributed by atoms with Crippen molar-refractivity contribution in [2.45, 2.75) is 32.1 Å². The summed E-state index contributed by atoms with van der Waals surface area (Å²) in [4.78, 5) is 19.4. The lowest BCUT2D eigenvalue weighted by atomic mass is 9.87. The normalized spacial score (nSPS) is 26.4. The molecule has 1 atom stereocenters. The molecule has 0 bridgehead atoms. The first-order valence-corrected chi connectivity index (χ1v) is 9.54. The van der Waals surface area contributed by atoms with Crippen LogP contribution in [0.5, 0.6) is 0 Å². The molecule has 2 aliphatic rings. The molecule has 0 unspecified atom stereocenters.